The van der Waals surface area contributed by atoms with E-state index >= 15 is 0 Å². The lowest BCUT2D eigenvalue weighted by atomic mass is 9.60. The summed E-state index contributed by atoms with van der Waals surface area (Å²) in [5.74, 6) is 2.97. The molecule has 0 heterocycles. The summed E-state index contributed by atoms with van der Waals surface area (Å²) >= 11 is 0. The monoisotopic (exact) mass is 462 g/mol. The number of hydrogen-bond acceptors (Lipinski definition) is 4. The van der Waals surface area contributed by atoms with E-state index in [4.69, 9.17) is 14.2 Å². The Bertz CT molecular complexity index is 702. The molecule has 0 aliphatic heterocycles. The van der Waals surface area contributed by atoms with Gasteiger partial charge in [-0.3, -0.25) is 0 Å². The molecule has 0 spiro atoms. The first kappa shape index (κ1) is 25.7. The highest BCUT2D eigenvalue weighted by atomic mass is 16.7. The third-order valence-corrected chi connectivity index (χ3v) is 10.4. The highest BCUT2D eigenvalue weighted by molar-refractivity contribution is 5.25. The second-order valence-corrected chi connectivity index (χ2v) is 12.9. The minimum absolute atomic E-state index is 0.109. The van der Waals surface area contributed by atoms with Crippen LogP contribution in [-0.4, -0.2) is 43.9 Å². The number of fused-ring (bicyclic) bond motifs is 2. The molecule has 4 saturated carbocycles. The smallest absolute Gasteiger partial charge is 0.147 e. The molecule has 4 nitrogen and oxygen atoms in total. The van der Waals surface area contributed by atoms with Crippen LogP contribution in [0.25, 0.3) is 0 Å². The molecule has 1 N–H and O–H groups in total. The lowest BCUT2D eigenvalue weighted by Gasteiger charge is -2.45. The van der Waals surface area contributed by atoms with Gasteiger partial charge >= 0.3 is 0 Å². The van der Waals surface area contributed by atoms with Gasteiger partial charge in [-0.2, -0.15) is 0 Å². The molecule has 8 atom stereocenters. The van der Waals surface area contributed by atoms with Gasteiger partial charge in [-0.15, -0.1) is 0 Å². The number of methoxy groups -OCH3 is 2. The summed E-state index contributed by atoms with van der Waals surface area (Å²) in [6.45, 7) is 9.85. The maximum absolute atomic E-state index is 10.2. The standard InChI is InChI=1S/C29H50O4/c1-20(9-7-13-27(2,3)33-19-31-5)24-11-12-25-21(10-8-14-28(24,25)4)15-26(32-6)29-17-22(29)16-23(30)18-29/h15,20,22-26,30H,7-14,16-19H2,1-6H3/b21-15+/t20-,22-,23+,24-,25+,26-,28-,29+/m1/s1. The van der Waals surface area contributed by atoms with Crippen molar-refractivity contribution in [3.05, 3.63) is 11.6 Å². The van der Waals surface area contributed by atoms with Gasteiger partial charge in [0.1, 0.15) is 6.79 Å². The minimum atomic E-state index is -0.113. The normalized spacial score (nSPS) is 41.1. The molecule has 0 saturated heterocycles. The molecule has 4 aliphatic rings. The van der Waals surface area contributed by atoms with Crippen molar-refractivity contribution < 1.29 is 19.3 Å². The Kier molecular flexibility index (Phi) is 7.71. The number of allylic oxidation sites excluding steroid dienone is 1. The minimum Gasteiger partial charge on any atom is -0.393 e. The summed E-state index contributed by atoms with van der Waals surface area (Å²) in [5, 5.41) is 10.2. The molecule has 0 bridgehead atoms. The van der Waals surface area contributed by atoms with Gasteiger partial charge in [0.2, 0.25) is 0 Å². The van der Waals surface area contributed by atoms with Crippen LogP contribution in [0.5, 0.6) is 0 Å². The van der Waals surface area contributed by atoms with Crippen LogP contribution < -0.4 is 0 Å². The molecule has 0 radical (unpaired) electrons. The van der Waals surface area contributed by atoms with Crippen molar-refractivity contribution in [2.75, 3.05) is 21.0 Å². The number of aliphatic hydroxyl groups excluding tert-OH is 1. The van der Waals surface area contributed by atoms with Crippen LogP contribution in [0, 0.1) is 34.5 Å². The summed E-state index contributed by atoms with van der Waals surface area (Å²) in [5.41, 5.74) is 2.24. The summed E-state index contributed by atoms with van der Waals surface area (Å²) in [7, 11) is 3.58. The fraction of sp³-hybridized carbons (Fsp3) is 0.931. The van der Waals surface area contributed by atoms with E-state index in [0.29, 0.717) is 18.1 Å². The van der Waals surface area contributed by atoms with Crippen LogP contribution in [-0.2, 0) is 14.2 Å². The quantitative estimate of drug-likeness (QED) is 0.281. The van der Waals surface area contributed by atoms with E-state index < -0.39 is 0 Å². The highest BCUT2D eigenvalue weighted by Crippen LogP contribution is 2.67. The van der Waals surface area contributed by atoms with E-state index in [1.807, 2.05) is 7.11 Å². The molecular formula is C29H50O4. The van der Waals surface area contributed by atoms with Gasteiger partial charge in [0, 0.05) is 19.6 Å². The van der Waals surface area contributed by atoms with E-state index in [-0.39, 0.29) is 23.2 Å². The second kappa shape index (κ2) is 9.91. The Hall–Kier alpha value is -0.420. The molecular weight excluding hydrogens is 412 g/mol. The van der Waals surface area contributed by atoms with Gasteiger partial charge < -0.3 is 19.3 Å². The molecule has 0 aromatic rings. The second-order valence-electron chi connectivity index (χ2n) is 12.9. The van der Waals surface area contributed by atoms with Gasteiger partial charge in [0.25, 0.3) is 0 Å². The van der Waals surface area contributed by atoms with Crippen molar-refractivity contribution >= 4 is 0 Å². The Morgan fingerprint density at radius 3 is 2.67 bits per heavy atom. The van der Waals surface area contributed by atoms with Crippen molar-refractivity contribution in [2.24, 2.45) is 34.5 Å². The molecule has 0 aromatic heterocycles. The predicted octanol–water partition coefficient (Wildman–Crippen LogP) is 6.51. The molecule has 0 aromatic carbocycles. The lowest BCUT2D eigenvalue weighted by Crippen LogP contribution is -2.37. The number of aliphatic hydroxyl groups is 1. The van der Waals surface area contributed by atoms with Crippen LogP contribution in [0.15, 0.2) is 11.6 Å². The van der Waals surface area contributed by atoms with E-state index in [1.54, 1.807) is 12.7 Å². The first-order chi connectivity index (χ1) is 15.6. The SMILES string of the molecule is COCOC(C)(C)CCC[C@@H](C)[C@H]1CC[C@H]2/C(=C/[C@@H](OC)[C@@]34C[C@@H](O)C[C@@H]3C4)CCC[C@]12C. The fourth-order valence-corrected chi connectivity index (χ4v) is 8.50. The fourth-order valence-electron chi connectivity index (χ4n) is 8.50. The zero-order valence-corrected chi connectivity index (χ0v) is 22.2. The molecule has 4 fully saturated rings. The Morgan fingerprint density at radius 2 is 2.00 bits per heavy atom. The Labute approximate surface area is 202 Å². The molecule has 4 rings (SSSR count). The van der Waals surface area contributed by atoms with Crippen molar-refractivity contribution in [3.63, 3.8) is 0 Å². The first-order valence-electron chi connectivity index (χ1n) is 13.7. The van der Waals surface area contributed by atoms with Gasteiger partial charge in [0.05, 0.1) is 17.8 Å². The number of rotatable bonds is 11. The third-order valence-electron chi connectivity index (χ3n) is 10.4. The van der Waals surface area contributed by atoms with Crippen molar-refractivity contribution in [2.45, 2.75) is 116 Å². The summed E-state index contributed by atoms with van der Waals surface area (Å²) in [6, 6.07) is 0. The number of ether oxygens (including phenoxy) is 3. The molecule has 4 heteroatoms. The van der Waals surface area contributed by atoms with Crippen LogP contribution in [0.1, 0.15) is 98.3 Å². The van der Waals surface area contributed by atoms with E-state index in [1.165, 1.54) is 51.4 Å². The van der Waals surface area contributed by atoms with Crippen molar-refractivity contribution in [3.8, 4) is 0 Å². The summed E-state index contributed by atoms with van der Waals surface area (Å²) in [4.78, 5) is 0. The average Bonchev–Trinajstić information content (AvgIpc) is 3.14. The van der Waals surface area contributed by atoms with Crippen molar-refractivity contribution in [1.82, 2.24) is 0 Å². The molecule has 0 unspecified atom stereocenters. The van der Waals surface area contributed by atoms with Crippen LogP contribution in [0.3, 0.4) is 0 Å². The van der Waals surface area contributed by atoms with Gasteiger partial charge in [-0.25, -0.2) is 0 Å². The van der Waals surface area contributed by atoms with E-state index in [2.05, 4.69) is 33.8 Å². The average molecular weight is 463 g/mol. The largest absolute Gasteiger partial charge is 0.393 e. The van der Waals surface area contributed by atoms with Crippen LogP contribution in [0.4, 0.5) is 0 Å². The maximum atomic E-state index is 10.2. The predicted molar refractivity (Wildman–Crippen MR) is 133 cm³/mol. The molecule has 190 valence electrons. The van der Waals surface area contributed by atoms with E-state index in [9.17, 15) is 5.11 Å². The number of hydrogen-bond donors (Lipinski definition) is 1. The molecule has 0 amide bonds. The van der Waals surface area contributed by atoms with E-state index in [0.717, 1.165) is 37.0 Å². The summed E-state index contributed by atoms with van der Waals surface area (Å²) < 4.78 is 17.0. The zero-order chi connectivity index (χ0) is 23.9. The Balaban J connectivity index is 1.39. The topological polar surface area (TPSA) is 47.9 Å². The summed E-state index contributed by atoms with van der Waals surface area (Å²) in [6.07, 6.45) is 16.0. The lowest BCUT2D eigenvalue weighted by molar-refractivity contribution is -0.118. The first-order valence-corrected chi connectivity index (χ1v) is 13.7. The third kappa shape index (κ3) is 5.10. The van der Waals surface area contributed by atoms with Crippen molar-refractivity contribution in [1.29, 1.82) is 0 Å². The molecule has 33 heavy (non-hydrogen) atoms. The van der Waals surface area contributed by atoms with Gasteiger partial charge in [-0.05, 0) is 101 Å². The Morgan fingerprint density at radius 1 is 1.21 bits per heavy atom. The highest BCUT2D eigenvalue weighted by Gasteiger charge is 2.64. The maximum Gasteiger partial charge on any atom is 0.147 e. The zero-order valence-electron chi connectivity index (χ0n) is 22.2. The van der Waals surface area contributed by atoms with Gasteiger partial charge in [0.15, 0.2) is 0 Å². The van der Waals surface area contributed by atoms with Crippen LogP contribution >= 0.6 is 0 Å². The van der Waals surface area contributed by atoms with Gasteiger partial charge in [-0.1, -0.05) is 38.3 Å². The molecule has 4 aliphatic carbocycles. The van der Waals surface area contributed by atoms with Crippen LogP contribution in [0.2, 0.25) is 0 Å².